The van der Waals surface area contributed by atoms with E-state index in [1.54, 1.807) is 64.1 Å². The quantitative estimate of drug-likeness (QED) is 0.0926. The smallest absolute Gasteiger partial charge is 0.326 e. The highest BCUT2D eigenvalue weighted by Gasteiger charge is 2.31. The fourth-order valence-corrected chi connectivity index (χ4v) is 6.35. The third-order valence-corrected chi connectivity index (χ3v) is 9.42. The summed E-state index contributed by atoms with van der Waals surface area (Å²) in [5, 5.41) is 10.9. The van der Waals surface area contributed by atoms with Gasteiger partial charge in [-0.3, -0.25) is 33.7 Å². The van der Waals surface area contributed by atoms with Crippen LogP contribution in [-0.2, 0) is 39.9 Å². The second-order valence-electron chi connectivity index (χ2n) is 17.7. The molecule has 0 unspecified atom stereocenters. The maximum absolute atomic E-state index is 13.4. The van der Waals surface area contributed by atoms with Crippen LogP contribution >= 0.6 is 0 Å². The lowest BCUT2D eigenvalue weighted by atomic mass is 9.99. The van der Waals surface area contributed by atoms with E-state index in [0.717, 1.165) is 36.1 Å². The van der Waals surface area contributed by atoms with Crippen molar-refractivity contribution in [1.29, 1.82) is 0 Å². The molecule has 4 aromatic carbocycles. The number of carbonyl (C=O) groups excluding carboxylic acids is 6. The van der Waals surface area contributed by atoms with Crippen LogP contribution < -0.4 is 26.2 Å². The molecule has 0 aromatic heterocycles. The van der Waals surface area contributed by atoms with Crippen molar-refractivity contribution in [2.45, 2.75) is 110 Å². The fraction of sp³-hybridized carbons (Fsp3) is 0.388. The van der Waals surface area contributed by atoms with Crippen LogP contribution in [0.3, 0.4) is 0 Å². The highest BCUT2D eigenvalue weighted by molar-refractivity contribution is 6.02. The predicted molar refractivity (Wildman–Crippen MR) is 238 cm³/mol. The van der Waals surface area contributed by atoms with Crippen molar-refractivity contribution in [1.82, 2.24) is 21.3 Å². The zero-order chi connectivity index (χ0) is 46.5. The lowest BCUT2D eigenvalue weighted by molar-refractivity contribution is -0.153. The van der Waals surface area contributed by atoms with Crippen LogP contribution in [0.25, 0.3) is 11.1 Å². The number of esters is 1. The first-order valence-electron chi connectivity index (χ1n) is 21.0. The molecule has 0 saturated heterocycles. The van der Waals surface area contributed by atoms with E-state index in [-0.39, 0.29) is 30.3 Å². The van der Waals surface area contributed by atoms with Crippen LogP contribution in [0.2, 0.25) is 0 Å². The second kappa shape index (κ2) is 22.1. The number of hydrogen-bond donors (Lipinski definition) is 4. The maximum atomic E-state index is 13.4. The Labute approximate surface area is 368 Å². The van der Waals surface area contributed by atoms with Gasteiger partial charge in [-0.05, 0) is 121 Å². The minimum atomic E-state index is -1.01. The summed E-state index contributed by atoms with van der Waals surface area (Å²) in [6, 6.07) is 26.1. The number of hydrogen-bond acceptors (Lipinski definition) is 7. The Morgan fingerprint density at radius 3 is 1.76 bits per heavy atom. The molecule has 5 rings (SSSR count). The average molecular weight is 868 g/mol. The zero-order valence-corrected chi connectivity index (χ0v) is 37.2. The van der Waals surface area contributed by atoms with E-state index in [9.17, 15) is 37.5 Å². The Balaban J connectivity index is 0.000000294. The van der Waals surface area contributed by atoms with Gasteiger partial charge in [-0.15, -0.1) is 0 Å². The summed E-state index contributed by atoms with van der Waals surface area (Å²) in [4.78, 5) is 76.9. The normalized spacial score (nSPS) is 13.7. The van der Waals surface area contributed by atoms with E-state index >= 15 is 0 Å². The second-order valence-corrected chi connectivity index (χ2v) is 17.7. The fourth-order valence-electron chi connectivity index (χ4n) is 6.35. The largest absolute Gasteiger partial charge is 0.459 e. The SMILES string of the molecule is C[C@H](NC(=O)CC1CC1)C(=O)N(CC(=O)OC(C)(C)C)c1ccccc1.C[C@H](NC(=O)Cc1cc(F)cc(F)c1)C(=O)N[C@H](C(=O)NC(C)(C)C)c1ccc(-c2ccccc2)cc1. The maximum Gasteiger partial charge on any atom is 0.326 e. The van der Waals surface area contributed by atoms with Crippen molar-refractivity contribution in [3.8, 4) is 11.1 Å². The first-order chi connectivity index (χ1) is 29.6. The van der Waals surface area contributed by atoms with E-state index in [1.807, 2.05) is 69.3 Å². The minimum absolute atomic E-state index is 0.126. The van der Waals surface area contributed by atoms with E-state index in [2.05, 4.69) is 21.3 Å². The molecule has 1 saturated carbocycles. The topological polar surface area (TPSA) is 163 Å². The molecule has 336 valence electrons. The lowest BCUT2D eigenvalue weighted by Gasteiger charge is -2.27. The van der Waals surface area contributed by atoms with Crippen molar-refractivity contribution < 1.29 is 42.3 Å². The number of nitrogens with zero attached hydrogens (tertiary/aromatic N) is 1. The molecule has 1 aliphatic carbocycles. The molecule has 4 N–H and O–H groups in total. The van der Waals surface area contributed by atoms with E-state index < -0.39 is 64.6 Å². The number of anilines is 1. The molecule has 12 nitrogen and oxygen atoms in total. The third-order valence-electron chi connectivity index (χ3n) is 9.42. The van der Waals surface area contributed by atoms with Crippen molar-refractivity contribution in [3.63, 3.8) is 0 Å². The number of para-hydroxylation sites is 1. The summed E-state index contributed by atoms with van der Waals surface area (Å²) in [5.41, 5.74) is 2.11. The molecule has 0 aliphatic heterocycles. The van der Waals surface area contributed by atoms with Crippen molar-refractivity contribution in [2.24, 2.45) is 5.92 Å². The van der Waals surface area contributed by atoms with Gasteiger partial charge in [0.25, 0.3) is 0 Å². The van der Waals surface area contributed by atoms with E-state index in [4.69, 9.17) is 4.74 Å². The highest BCUT2D eigenvalue weighted by atomic mass is 19.1. The Hall–Kier alpha value is -6.44. The molecular formula is C49H59F2N5O7. The molecule has 14 heteroatoms. The Morgan fingerprint density at radius 1 is 0.683 bits per heavy atom. The van der Waals surface area contributed by atoms with Crippen LogP contribution in [-0.4, -0.2) is 65.3 Å². The van der Waals surface area contributed by atoms with Gasteiger partial charge in [0.2, 0.25) is 29.5 Å². The number of halogens is 2. The molecule has 0 radical (unpaired) electrons. The van der Waals surface area contributed by atoms with Gasteiger partial charge < -0.3 is 26.0 Å². The minimum Gasteiger partial charge on any atom is -0.459 e. The molecule has 3 atom stereocenters. The summed E-state index contributed by atoms with van der Waals surface area (Å²) >= 11 is 0. The summed E-state index contributed by atoms with van der Waals surface area (Å²) in [6.45, 7) is 13.7. The molecule has 0 spiro atoms. The Bertz CT molecular complexity index is 2180. The number of benzene rings is 4. The summed E-state index contributed by atoms with van der Waals surface area (Å²) in [7, 11) is 0. The zero-order valence-electron chi connectivity index (χ0n) is 37.2. The van der Waals surface area contributed by atoms with Gasteiger partial charge in [0.15, 0.2) is 0 Å². The van der Waals surface area contributed by atoms with Crippen molar-refractivity contribution in [2.75, 3.05) is 11.4 Å². The molecule has 1 aliphatic rings. The third kappa shape index (κ3) is 17.1. The van der Waals surface area contributed by atoms with Crippen LogP contribution in [0.5, 0.6) is 0 Å². The average Bonchev–Trinajstić information content (AvgIpc) is 4.01. The van der Waals surface area contributed by atoms with Crippen LogP contribution in [0, 0.1) is 17.6 Å². The number of ether oxygens (including phenoxy) is 1. The Kier molecular flexibility index (Phi) is 17.2. The lowest BCUT2D eigenvalue weighted by Crippen LogP contribution is -2.51. The van der Waals surface area contributed by atoms with Gasteiger partial charge in [-0.1, -0.05) is 72.8 Å². The number of amides is 5. The van der Waals surface area contributed by atoms with Crippen LogP contribution in [0.1, 0.15) is 91.8 Å². The van der Waals surface area contributed by atoms with Crippen molar-refractivity contribution in [3.05, 3.63) is 126 Å². The standard InChI is InChI=1S/C29H31F2N3O3.C20H28N2O4/c1-18(32-25(35)16-19-14-23(30)17-24(31)15-19)27(36)33-26(28(37)34-29(2,3)4)22-12-10-21(11-13-22)20-8-6-5-7-9-20;1-14(21-17(23)12-15-10-11-15)19(25)22(16-8-6-5-7-9-16)13-18(24)26-20(2,3)4/h5-15,17-18,26H,16H2,1-4H3,(H,32,35)(H,33,36)(H,34,37);5-9,14-15H,10-13H2,1-4H3,(H,21,23)/t18-,26-;14-/m00/s1. The highest BCUT2D eigenvalue weighted by Crippen LogP contribution is 2.32. The van der Waals surface area contributed by atoms with Gasteiger partial charge in [-0.25, -0.2) is 8.78 Å². The van der Waals surface area contributed by atoms with E-state index in [1.165, 1.54) is 11.8 Å². The molecule has 5 amide bonds. The van der Waals surface area contributed by atoms with Gasteiger partial charge in [0.05, 0.1) is 6.42 Å². The first-order valence-corrected chi connectivity index (χ1v) is 21.0. The summed E-state index contributed by atoms with van der Waals surface area (Å²) in [6.07, 6.45) is 2.30. The van der Waals surface area contributed by atoms with Crippen LogP contribution in [0.4, 0.5) is 14.5 Å². The monoisotopic (exact) mass is 867 g/mol. The van der Waals surface area contributed by atoms with Crippen LogP contribution in [0.15, 0.2) is 103 Å². The van der Waals surface area contributed by atoms with Gasteiger partial charge >= 0.3 is 5.97 Å². The molecule has 4 aromatic rings. The molecule has 1 fully saturated rings. The van der Waals surface area contributed by atoms with E-state index in [0.29, 0.717) is 29.7 Å². The Morgan fingerprint density at radius 2 is 1.22 bits per heavy atom. The van der Waals surface area contributed by atoms with Gasteiger partial charge in [0, 0.05) is 23.7 Å². The molecule has 63 heavy (non-hydrogen) atoms. The summed E-state index contributed by atoms with van der Waals surface area (Å²) in [5.74, 6) is -3.67. The number of rotatable bonds is 15. The predicted octanol–water partition coefficient (Wildman–Crippen LogP) is 7.12. The van der Waals surface area contributed by atoms with Gasteiger partial charge in [-0.2, -0.15) is 0 Å². The number of carbonyl (C=O) groups is 6. The molecular weight excluding hydrogens is 809 g/mol. The summed E-state index contributed by atoms with van der Waals surface area (Å²) < 4.78 is 32.2. The van der Waals surface area contributed by atoms with Crippen molar-refractivity contribution >= 4 is 41.2 Å². The number of nitrogens with one attached hydrogen (secondary N) is 4. The first kappa shape index (κ1) is 49.2. The molecule has 0 bridgehead atoms. The van der Waals surface area contributed by atoms with Gasteiger partial charge in [0.1, 0.15) is 41.9 Å². The molecule has 0 heterocycles.